The van der Waals surface area contributed by atoms with Gasteiger partial charge in [0.25, 0.3) is 5.69 Å². The summed E-state index contributed by atoms with van der Waals surface area (Å²) in [7, 11) is 0. The zero-order valence-electron chi connectivity index (χ0n) is 9.80. The van der Waals surface area contributed by atoms with Gasteiger partial charge in [0, 0.05) is 43.2 Å². The predicted octanol–water partition coefficient (Wildman–Crippen LogP) is 2.36. The number of nitro groups is 1. The molecule has 0 aliphatic rings. The Bertz CT molecular complexity index is 511. The van der Waals surface area contributed by atoms with Gasteiger partial charge in [0.2, 0.25) is 0 Å². The van der Waals surface area contributed by atoms with E-state index in [2.05, 4.69) is 15.3 Å². The summed E-state index contributed by atoms with van der Waals surface area (Å²) in [4.78, 5) is 17.4. The smallest absolute Gasteiger partial charge is 0.271 e. The Kier molecular flexibility index (Phi) is 3.90. The molecule has 6 heteroatoms. The van der Waals surface area contributed by atoms with Crippen molar-refractivity contribution >= 4 is 11.4 Å². The van der Waals surface area contributed by atoms with Crippen LogP contribution in [-0.2, 0) is 6.42 Å². The second-order valence-corrected chi connectivity index (χ2v) is 3.87. The average molecular weight is 246 g/mol. The van der Waals surface area contributed by atoms with E-state index in [1.165, 1.54) is 12.1 Å². The van der Waals surface area contributed by atoms with Crippen molar-refractivity contribution in [2.24, 2.45) is 0 Å². The largest absolute Gasteiger partial charge is 0.385 e. The van der Waals surface area contributed by atoms with Crippen molar-refractivity contribution in [3.63, 3.8) is 0 Å². The van der Waals surface area contributed by atoms with Crippen LogP contribution in [0.2, 0.25) is 0 Å². The van der Waals surface area contributed by atoms with Crippen molar-refractivity contribution in [2.75, 3.05) is 11.9 Å². The fourth-order valence-corrected chi connectivity index (χ4v) is 1.65. The highest BCUT2D eigenvalue weighted by Crippen LogP contribution is 2.16. The lowest BCUT2D eigenvalue weighted by molar-refractivity contribution is -0.384. The molecule has 1 aromatic carbocycles. The summed E-state index contributed by atoms with van der Waals surface area (Å²) in [5.41, 5.74) is 0.870. The monoisotopic (exact) mass is 246 g/mol. The Morgan fingerprint density at radius 1 is 1.44 bits per heavy atom. The van der Waals surface area contributed by atoms with Crippen molar-refractivity contribution < 1.29 is 4.92 Å². The van der Waals surface area contributed by atoms with E-state index >= 15 is 0 Å². The van der Waals surface area contributed by atoms with E-state index in [0.29, 0.717) is 0 Å². The van der Waals surface area contributed by atoms with Gasteiger partial charge in [0.15, 0.2) is 0 Å². The molecule has 94 valence electrons. The first-order valence-corrected chi connectivity index (χ1v) is 5.72. The van der Waals surface area contributed by atoms with E-state index in [0.717, 1.165) is 30.9 Å². The van der Waals surface area contributed by atoms with Crippen LogP contribution in [-0.4, -0.2) is 21.4 Å². The topological polar surface area (TPSA) is 83.8 Å². The molecule has 6 nitrogen and oxygen atoms in total. The van der Waals surface area contributed by atoms with E-state index in [1.807, 2.05) is 6.07 Å². The number of nitro benzene ring substituents is 1. The average Bonchev–Trinajstić information content (AvgIpc) is 2.88. The summed E-state index contributed by atoms with van der Waals surface area (Å²) in [5.74, 6) is 0.954. The van der Waals surface area contributed by atoms with Gasteiger partial charge in [0.05, 0.1) is 4.92 Å². The summed E-state index contributed by atoms with van der Waals surface area (Å²) in [6.45, 7) is 0.752. The fraction of sp³-hybridized carbons (Fsp3) is 0.250. The van der Waals surface area contributed by atoms with Gasteiger partial charge in [0.1, 0.15) is 5.82 Å². The van der Waals surface area contributed by atoms with Crippen LogP contribution in [0.1, 0.15) is 12.2 Å². The summed E-state index contributed by atoms with van der Waals surface area (Å²) >= 11 is 0. The molecule has 0 radical (unpaired) electrons. The van der Waals surface area contributed by atoms with Crippen molar-refractivity contribution in [1.29, 1.82) is 0 Å². The minimum atomic E-state index is -0.395. The molecule has 0 unspecified atom stereocenters. The van der Waals surface area contributed by atoms with Crippen LogP contribution in [0.5, 0.6) is 0 Å². The zero-order chi connectivity index (χ0) is 12.8. The number of benzene rings is 1. The number of H-pyrrole nitrogens is 1. The second kappa shape index (κ2) is 5.81. The van der Waals surface area contributed by atoms with Gasteiger partial charge in [-0.05, 0) is 12.5 Å². The van der Waals surface area contributed by atoms with E-state index in [-0.39, 0.29) is 5.69 Å². The highest BCUT2D eigenvalue weighted by atomic mass is 16.6. The first-order valence-electron chi connectivity index (χ1n) is 5.72. The van der Waals surface area contributed by atoms with Crippen molar-refractivity contribution in [2.45, 2.75) is 12.8 Å². The molecule has 0 aliphatic carbocycles. The number of non-ortho nitro benzene ring substituents is 1. The second-order valence-electron chi connectivity index (χ2n) is 3.87. The lowest BCUT2D eigenvalue weighted by Crippen LogP contribution is -2.03. The molecule has 0 atom stereocenters. The first-order chi connectivity index (χ1) is 8.75. The van der Waals surface area contributed by atoms with Gasteiger partial charge in [-0.1, -0.05) is 6.07 Å². The maximum Gasteiger partial charge on any atom is 0.271 e. The maximum absolute atomic E-state index is 10.6. The molecule has 0 spiro atoms. The highest BCUT2D eigenvalue weighted by molar-refractivity contribution is 5.50. The number of rotatable bonds is 6. The van der Waals surface area contributed by atoms with Gasteiger partial charge in [-0.25, -0.2) is 4.98 Å². The minimum absolute atomic E-state index is 0.103. The number of hydrogen-bond donors (Lipinski definition) is 2. The first kappa shape index (κ1) is 12.1. The molecule has 18 heavy (non-hydrogen) atoms. The van der Waals surface area contributed by atoms with Crippen molar-refractivity contribution in [3.05, 3.63) is 52.6 Å². The predicted molar refractivity (Wildman–Crippen MR) is 68.5 cm³/mol. The van der Waals surface area contributed by atoms with Gasteiger partial charge in [-0.2, -0.15) is 0 Å². The van der Waals surface area contributed by atoms with Crippen LogP contribution in [0.4, 0.5) is 11.4 Å². The van der Waals surface area contributed by atoms with E-state index < -0.39 is 4.92 Å². The normalized spacial score (nSPS) is 10.2. The third kappa shape index (κ3) is 3.31. The fourth-order valence-electron chi connectivity index (χ4n) is 1.65. The van der Waals surface area contributed by atoms with Crippen LogP contribution < -0.4 is 5.32 Å². The van der Waals surface area contributed by atoms with E-state index in [9.17, 15) is 10.1 Å². The standard InChI is InChI=1S/C12H14N4O2/c17-16(18)11-4-1-3-10(9-11)13-6-2-5-12-14-7-8-15-12/h1,3-4,7-9,13H,2,5-6H2,(H,14,15). The van der Waals surface area contributed by atoms with E-state index in [4.69, 9.17) is 0 Å². The Hall–Kier alpha value is -2.37. The highest BCUT2D eigenvalue weighted by Gasteiger charge is 2.04. The van der Waals surface area contributed by atoms with Crippen LogP contribution in [0, 0.1) is 10.1 Å². The van der Waals surface area contributed by atoms with Gasteiger partial charge in [-0.15, -0.1) is 0 Å². The number of nitrogens with one attached hydrogen (secondary N) is 2. The SMILES string of the molecule is O=[N+]([O-])c1cccc(NCCCc2ncc[nH]2)c1. The molecule has 0 amide bonds. The molecule has 0 saturated carbocycles. The molecule has 2 rings (SSSR count). The Morgan fingerprint density at radius 2 is 2.33 bits per heavy atom. The molecular weight excluding hydrogens is 232 g/mol. The van der Waals surface area contributed by atoms with Gasteiger partial charge >= 0.3 is 0 Å². The van der Waals surface area contributed by atoms with Crippen LogP contribution in [0.3, 0.4) is 0 Å². The third-order valence-corrected chi connectivity index (χ3v) is 2.53. The summed E-state index contributed by atoms with van der Waals surface area (Å²) in [6, 6.07) is 6.51. The van der Waals surface area contributed by atoms with Gasteiger partial charge in [-0.3, -0.25) is 10.1 Å². The molecule has 0 saturated heterocycles. The molecule has 2 aromatic rings. The van der Waals surface area contributed by atoms with Crippen LogP contribution in [0.25, 0.3) is 0 Å². The van der Waals surface area contributed by atoms with Gasteiger partial charge < -0.3 is 10.3 Å². The summed E-state index contributed by atoms with van der Waals surface area (Å²) < 4.78 is 0. The summed E-state index contributed by atoms with van der Waals surface area (Å²) in [6.07, 6.45) is 5.29. The lowest BCUT2D eigenvalue weighted by Gasteiger charge is -2.05. The number of aryl methyl sites for hydroxylation is 1. The number of anilines is 1. The molecule has 0 aliphatic heterocycles. The molecule has 0 bridgehead atoms. The number of imidazole rings is 1. The zero-order valence-corrected chi connectivity index (χ0v) is 9.80. The Labute approximate surface area is 104 Å². The lowest BCUT2D eigenvalue weighted by atomic mass is 10.2. The molecular formula is C12H14N4O2. The summed E-state index contributed by atoms with van der Waals surface area (Å²) in [5, 5.41) is 13.8. The maximum atomic E-state index is 10.6. The van der Waals surface area contributed by atoms with E-state index in [1.54, 1.807) is 18.5 Å². The molecule has 0 fully saturated rings. The third-order valence-electron chi connectivity index (χ3n) is 2.53. The number of hydrogen-bond acceptors (Lipinski definition) is 4. The number of aromatic amines is 1. The Morgan fingerprint density at radius 3 is 3.06 bits per heavy atom. The van der Waals surface area contributed by atoms with Crippen LogP contribution in [0.15, 0.2) is 36.7 Å². The minimum Gasteiger partial charge on any atom is -0.385 e. The van der Waals surface area contributed by atoms with Crippen molar-refractivity contribution in [1.82, 2.24) is 9.97 Å². The molecule has 2 N–H and O–H groups in total. The molecule has 1 aromatic heterocycles. The quantitative estimate of drug-likeness (QED) is 0.465. The van der Waals surface area contributed by atoms with Crippen LogP contribution >= 0.6 is 0 Å². The molecule has 1 heterocycles. The number of aromatic nitrogens is 2. The Balaban J connectivity index is 1.79. The van der Waals surface area contributed by atoms with Crippen molar-refractivity contribution in [3.8, 4) is 0 Å². The number of nitrogens with zero attached hydrogens (tertiary/aromatic N) is 2.